The lowest BCUT2D eigenvalue weighted by Gasteiger charge is -2.64. The molecule has 37 heavy (non-hydrogen) atoms. The van der Waals surface area contributed by atoms with Crippen LogP contribution in [0.25, 0.3) is 11.0 Å². The first kappa shape index (κ1) is 23.7. The van der Waals surface area contributed by atoms with Crippen LogP contribution >= 0.6 is 0 Å². The summed E-state index contributed by atoms with van der Waals surface area (Å²) in [6.07, 6.45) is 7.16. The minimum atomic E-state index is -0.669. The summed E-state index contributed by atoms with van der Waals surface area (Å²) < 4.78 is 24.8. The molecular weight excluding hydrogens is 471 g/mol. The third-order valence-electron chi connectivity index (χ3n) is 10.2. The molecular formula is C28H35BN2O6. The van der Waals surface area contributed by atoms with Crippen LogP contribution in [0.4, 0.5) is 0 Å². The molecule has 196 valence electrons. The molecule has 9 heteroatoms. The molecule has 4 bridgehead atoms. The average molecular weight is 506 g/mol. The van der Waals surface area contributed by atoms with Crippen molar-refractivity contribution in [1.82, 2.24) is 10.6 Å². The molecule has 3 aliphatic carbocycles. The first-order valence-corrected chi connectivity index (χ1v) is 13.8. The Morgan fingerprint density at radius 2 is 1.95 bits per heavy atom. The third-order valence-corrected chi connectivity index (χ3v) is 10.2. The van der Waals surface area contributed by atoms with Crippen LogP contribution in [0.5, 0.6) is 0 Å². The highest BCUT2D eigenvalue weighted by Crippen LogP contribution is 2.65. The summed E-state index contributed by atoms with van der Waals surface area (Å²) in [7, 11) is -0.651. The van der Waals surface area contributed by atoms with Crippen LogP contribution in [0, 0.1) is 17.3 Å². The molecule has 3 aliphatic heterocycles. The summed E-state index contributed by atoms with van der Waals surface area (Å²) >= 11 is 0. The molecule has 6 fully saturated rings. The zero-order valence-corrected chi connectivity index (χ0v) is 21.7. The lowest BCUT2D eigenvalue weighted by atomic mass is 9.43. The highest BCUT2D eigenvalue weighted by molar-refractivity contribution is 6.49. The van der Waals surface area contributed by atoms with Crippen molar-refractivity contribution in [3.05, 3.63) is 36.1 Å². The van der Waals surface area contributed by atoms with Gasteiger partial charge in [-0.2, -0.15) is 0 Å². The van der Waals surface area contributed by atoms with Crippen LogP contribution in [0.2, 0.25) is 0 Å². The smallest absolute Gasteiger partial charge is 0.464 e. The Morgan fingerprint density at radius 1 is 1.11 bits per heavy atom. The second kappa shape index (κ2) is 8.32. The largest absolute Gasteiger partial charge is 0.482 e. The van der Waals surface area contributed by atoms with Gasteiger partial charge < -0.3 is 29.1 Å². The van der Waals surface area contributed by atoms with Gasteiger partial charge in [-0.05, 0) is 74.3 Å². The van der Waals surface area contributed by atoms with E-state index in [2.05, 4.69) is 31.4 Å². The maximum Gasteiger partial charge on any atom is 0.482 e. The zero-order valence-electron chi connectivity index (χ0n) is 21.7. The first-order valence-electron chi connectivity index (χ1n) is 13.8. The SMILES string of the molecule is CC1(C)C2CC1[C@]1(C)OB(C(Cc3coc4ccccc34)NC(=O)C(=O)NC3CC4CCC3O4)O[C@@H]1C2. The number of carbonyl (C=O) groups excluding carboxylic acids is 2. The van der Waals surface area contributed by atoms with Crippen molar-refractivity contribution in [3.8, 4) is 0 Å². The van der Waals surface area contributed by atoms with Gasteiger partial charge in [-0.15, -0.1) is 0 Å². The second-order valence-corrected chi connectivity index (χ2v) is 12.6. The number of rotatable bonds is 5. The summed E-state index contributed by atoms with van der Waals surface area (Å²) in [4.78, 5) is 26.1. The monoisotopic (exact) mass is 506 g/mol. The van der Waals surface area contributed by atoms with Crippen LogP contribution in [-0.2, 0) is 30.1 Å². The van der Waals surface area contributed by atoms with Gasteiger partial charge in [0.1, 0.15) is 5.58 Å². The molecule has 1 aromatic carbocycles. The normalized spacial score (nSPS) is 37.8. The van der Waals surface area contributed by atoms with Crippen LogP contribution in [0.1, 0.15) is 58.4 Å². The number of carbonyl (C=O) groups is 2. The predicted octanol–water partition coefficient (Wildman–Crippen LogP) is 3.16. The molecule has 0 radical (unpaired) electrons. The Morgan fingerprint density at radius 3 is 2.70 bits per heavy atom. The lowest BCUT2D eigenvalue weighted by Crippen LogP contribution is -2.65. The average Bonchev–Trinajstić information content (AvgIpc) is 3.65. The lowest BCUT2D eigenvalue weighted by molar-refractivity contribution is -0.199. The molecule has 6 unspecified atom stereocenters. The van der Waals surface area contributed by atoms with Crippen LogP contribution in [-0.4, -0.2) is 54.8 Å². The van der Waals surface area contributed by atoms with Crippen LogP contribution in [0.3, 0.4) is 0 Å². The molecule has 2 amide bonds. The van der Waals surface area contributed by atoms with Gasteiger partial charge in [0.2, 0.25) is 0 Å². The number of benzene rings is 1. The van der Waals surface area contributed by atoms with Crippen molar-refractivity contribution in [2.24, 2.45) is 17.3 Å². The maximum absolute atomic E-state index is 13.2. The van der Waals surface area contributed by atoms with E-state index < -0.39 is 30.5 Å². The number of para-hydroxylation sites is 1. The van der Waals surface area contributed by atoms with Gasteiger partial charge in [-0.25, -0.2) is 0 Å². The number of hydrogen-bond acceptors (Lipinski definition) is 6. The number of nitrogens with one attached hydrogen (secondary N) is 2. The molecule has 4 heterocycles. The number of ether oxygens (including phenoxy) is 1. The van der Waals surface area contributed by atoms with E-state index in [4.69, 9.17) is 18.5 Å². The summed E-state index contributed by atoms with van der Waals surface area (Å²) in [5.41, 5.74) is 1.53. The molecule has 2 aromatic rings. The van der Waals surface area contributed by atoms with Gasteiger partial charge in [-0.1, -0.05) is 32.0 Å². The molecule has 6 aliphatic rings. The van der Waals surface area contributed by atoms with E-state index in [1.807, 2.05) is 24.3 Å². The predicted molar refractivity (Wildman–Crippen MR) is 136 cm³/mol. The Balaban J connectivity index is 1.12. The Kier molecular flexibility index (Phi) is 5.34. The second-order valence-electron chi connectivity index (χ2n) is 12.6. The van der Waals surface area contributed by atoms with E-state index in [9.17, 15) is 9.59 Å². The topological polar surface area (TPSA) is 99.0 Å². The van der Waals surface area contributed by atoms with E-state index in [0.29, 0.717) is 18.3 Å². The molecule has 1 aromatic heterocycles. The standard InChI is InChI=1S/C28H35BN2O6/c1-27(2)16-11-22(27)28(3)23(12-16)36-29(37-28)24(10-15-14-34-20-7-5-4-6-18(15)20)31-26(33)25(32)30-19-13-17-8-9-21(19)35-17/h4-7,14,16-17,19,21-24H,8-13H2,1-3H3,(H,30,32)(H,31,33)/t16?,17?,19?,21?,22?,23-,24?,28+/m1/s1. The van der Waals surface area contributed by atoms with E-state index in [1.165, 1.54) is 0 Å². The highest BCUT2D eigenvalue weighted by atomic mass is 16.7. The van der Waals surface area contributed by atoms with Gasteiger partial charge in [0, 0.05) is 5.39 Å². The van der Waals surface area contributed by atoms with Gasteiger partial charge in [-0.3, -0.25) is 9.59 Å². The summed E-state index contributed by atoms with van der Waals surface area (Å²) in [6, 6.07) is 7.71. The fraction of sp³-hybridized carbons (Fsp3) is 0.643. The summed E-state index contributed by atoms with van der Waals surface area (Å²) in [5, 5.41) is 6.85. The Bertz CT molecular complexity index is 1250. The quantitative estimate of drug-likeness (QED) is 0.478. The van der Waals surface area contributed by atoms with E-state index in [0.717, 1.165) is 48.6 Å². The first-order chi connectivity index (χ1) is 17.7. The Hall–Kier alpha value is -2.36. The molecule has 3 saturated carbocycles. The van der Waals surface area contributed by atoms with Crippen LogP contribution in [0.15, 0.2) is 34.9 Å². The van der Waals surface area contributed by atoms with Crippen molar-refractivity contribution in [2.45, 2.75) is 95.2 Å². The number of hydrogen-bond donors (Lipinski definition) is 2. The molecule has 0 spiro atoms. The van der Waals surface area contributed by atoms with Crippen molar-refractivity contribution >= 4 is 29.9 Å². The van der Waals surface area contributed by atoms with Gasteiger partial charge in [0.15, 0.2) is 0 Å². The number of amides is 2. The highest BCUT2D eigenvalue weighted by Gasteiger charge is 2.68. The molecule has 8 rings (SSSR count). The van der Waals surface area contributed by atoms with Crippen molar-refractivity contribution in [1.29, 1.82) is 0 Å². The van der Waals surface area contributed by atoms with Crippen molar-refractivity contribution in [2.75, 3.05) is 0 Å². The molecule has 8 atom stereocenters. The van der Waals surface area contributed by atoms with Crippen molar-refractivity contribution < 1.29 is 28.1 Å². The summed E-state index contributed by atoms with van der Waals surface area (Å²) in [5.74, 6) is -0.816. The minimum Gasteiger partial charge on any atom is -0.464 e. The Labute approximate surface area is 217 Å². The summed E-state index contributed by atoms with van der Waals surface area (Å²) in [6.45, 7) is 6.81. The van der Waals surface area contributed by atoms with E-state index in [-0.39, 0.29) is 29.8 Å². The number of fused-ring (bicyclic) bond motifs is 3. The zero-order chi connectivity index (χ0) is 25.5. The van der Waals surface area contributed by atoms with Gasteiger partial charge in [0.25, 0.3) is 0 Å². The fourth-order valence-corrected chi connectivity index (χ4v) is 7.97. The van der Waals surface area contributed by atoms with Crippen LogP contribution < -0.4 is 10.6 Å². The molecule has 8 nitrogen and oxygen atoms in total. The molecule has 2 N–H and O–H groups in total. The number of furan rings is 1. The van der Waals surface area contributed by atoms with Gasteiger partial charge in [0.05, 0.1) is 42.2 Å². The molecule has 3 saturated heterocycles. The van der Waals surface area contributed by atoms with Crippen molar-refractivity contribution in [3.63, 3.8) is 0 Å². The van der Waals surface area contributed by atoms with E-state index in [1.54, 1.807) is 6.26 Å². The third kappa shape index (κ3) is 3.68. The van der Waals surface area contributed by atoms with E-state index >= 15 is 0 Å². The fourth-order valence-electron chi connectivity index (χ4n) is 7.97. The minimum absolute atomic E-state index is 0.00857. The maximum atomic E-state index is 13.2. The van der Waals surface area contributed by atoms with Gasteiger partial charge >= 0.3 is 18.9 Å².